The van der Waals surface area contributed by atoms with Gasteiger partial charge in [-0.15, -0.1) is 0 Å². The molecule has 1 atom stereocenters. The zero-order valence-electron chi connectivity index (χ0n) is 15.5. The largest absolute Gasteiger partial charge is 0.464 e. The number of ether oxygens (including phenoxy) is 1. The van der Waals surface area contributed by atoms with Gasteiger partial charge in [-0.05, 0) is 38.8 Å². The highest BCUT2D eigenvalue weighted by Gasteiger charge is 2.17. The number of furan rings is 1. The average Bonchev–Trinajstić information content (AvgIpc) is 3.00. The first-order chi connectivity index (χ1) is 12.3. The Morgan fingerprint density at radius 3 is 2.65 bits per heavy atom. The Bertz CT molecular complexity index is 825. The van der Waals surface area contributed by atoms with Crippen LogP contribution in [0.4, 0.5) is 0 Å². The van der Waals surface area contributed by atoms with Gasteiger partial charge in [0.25, 0.3) is 5.91 Å². The number of esters is 1. The number of carbonyl (C=O) groups excluding carboxylic acids is 3. The normalized spacial score (nSPS) is 11.8. The molecule has 0 aliphatic rings. The lowest BCUT2D eigenvalue weighted by molar-refractivity contribution is -0.148. The number of hydrogen-bond acceptors (Lipinski definition) is 5. The van der Waals surface area contributed by atoms with Crippen molar-refractivity contribution in [3.63, 3.8) is 0 Å². The van der Waals surface area contributed by atoms with Gasteiger partial charge >= 0.3 is 5.97 Å². The third kappa shape index (κ3) is 4.62. The van der Waals surface area contributed by atoms with E-state index in [1.54, 1.807) is 13.8 Å². The molecule has 2 aromatic rings. The van der Waals surface area contributed by atoms with Crippen LogP contribution in [0.2, 0.25) is 0 Å². The second-order valence-corrected chi connectivity index (χ2v) is 6.17. The summed E-state index contributed by atoms with van der Waals surface area (Å²) in [6.45, 7) is 7.35. The molecule has 26 heavy (non-hydrogen) atoms. The SMILES string of the molecule is CCNC(=O)[C@@H](C)NC(=O)COC(=O)Cc1coc2c(C)c(C)ccc12. The average molecular weight is 360 g/mol. The van der Waals surface area contributed by atoms with Gasteiger partial charge in [-0.3, -0.25) is 14.4 Å². The first-order valence-corrected chi connectivity index (χ1v) is 8.52. The molecule has 140 valence electrons. The fourth-order valence-electron chi connectivity index (χ4n) is 2.55. The number of rotatable bonds is 7. The first kappa shape index (κ1) is 19.5. The van der Waals surface area contributed by atoms with Crippen LogP contribution in [0.1, 0.15) is 30.5 Å². The quantitative estimate of drug-likeness (QED) is 0.734. The number of amides is 2. The molecule has 1 aromatic heterocycles. The fourth-order valence-corrected chi connectivity index (χ4v) is 2.55. The minimum absolute atomic E-state index is 0.00859. The van der Waals surface area contributed by atoms with Gasteiger partial charge in [0.05, 0.1) is 12.7 Å². The van der Waals surface area contributed by atoms with Gasteiger partial charge in [0, 0.05) is 17.5 Å². The van der Waals surface area contributed by atoms with E-state index in [-0.39, 0.29) is 12.3 Å². The summed E-state index contributed by atoms with van der Waals surface area (Å²) in [6, 6.07) is 3.19. The van der Waals surface area contributed by atoms with Crippen LogP contribution in [0, 0.1) is 13.8 Å². The highest BCUT2D eigenvalue weighted by Crippen LogP contribution is 2.26. The van der Waals surface area contributed by atoms with Crippen molar-refractivity contribution >= 4 is 28.8 Å². The molecule has 2 N–H and O–H groups in total. The van der Waals surface area contributed by atoms with E-state index in [1.807, 2.05) is 26.0 Å². The smallest absolute Gasteiger partial charge is 0.310 e. The van der Waals surface area contributed by atoms with Gasteiger partial charge in [-0.1, -0.05) is 12.1 Å². The Labute approximate surface area is 152 Å². The lowest BCUT2D eigenvalue weighted by Gasteiger charge is -2.13. The van der Waals surface area contributed by atoms with Crippen LogP contribution in [0.5, 0.6) is 0 Å². The number of likely N-dealkylation sites (N-methyl/N-ethyl adjacent to an activating group) is 1. The minimum Gasteiger partial charge on any atom is -0.464 e. The predicted octanol–water partition coefficient (Wildman–Crippen LogP) is 1.78. The molecule has 2 amide bonds. The molecule has 0 saturated heterocycles. The van der Waals surface area contributed by atoms with Crippen LogP contribution in [0.3, 0.4) is 0 Å². The summed E-state index contributed by atoms with van der Waals surface area (Å²) in [5.41, 5.74) is 3.60. The Balaban J connectivity index is 1.88. The van der Waals surface area contributed by atoms with Crippen molar-refractivity contribution in [2.24, 2.45) is 0 Å². The molecule has 1 heterocycles. The molecular formula is C19H24N2O5. The van der Waals surface area contributed by atoms with Crippen molar-refractivity contribution in [2.75, 3.05) is 13.2 Å². The summed E-state index contributed by atoms with van der Waals surface area (Å²) < 4.78 is 10.6. The van der Waals surface area contributed by atoms with E-state index in [9.17, 15) is 14.4 Å². The molecule has 7 nitrogen and oxygen atoms in total. The molecule has 7 heteroatoms. The van der Waals surface area contributed by atoms with Crippen LogP contribution in [-0.4, -0.2) is 37.0 Å². The third-order valence-corrected chi connectivity index (χ3v) is 4.16. The van der Waals surface area contributed by atoms with Gasteiger partial charge in [0.15, 0.2) is 6.61 Å². The Morgan fingerprint density at radius 2 is 1.96 bits per heavy atom. The summed E-state index contributed by atoms with van der Waals surface area (Å²) in [7, 11) is 0. The van der Waals surface area contributed by atoms with Crippen LogP contribution in [0.25, 0.3) is 11.0 Å². The molecule has 1 aromatic carbocycles. The zero-order valence-corrected chi connectivity index (χ0v) is 15.5. The lowest BCUT2D eigenvalue weighted by Crippen LogP contribution is -2.46. The highest BCUT2D eigenvalue weighted by molar-refractivity contribution is 5.90. The van der Waals surface area contributed by atoms with Crippen molar-refractivity contribution in [3.8, 4) is 0 Å². The Kier molecular flexibility index (Phi) is 6.38. The highest BCUT2D eigenvalue weighted by atomic mass is 16.5. The zero-order chi connectivity index (χ0) is 19.3. The topological polar surface area (TPSA) is 97.6 Å². The molecule has 2 rings (SSSR count). The van der Waals surface area contributed by atoms with E-state index >= 15 is 0 Å². The Hall–Kier alpha value is -2.83. The van der Waals surface area contributed by atoms with Crippen LogP contribution in [0.15, 0.2) is 22.8 Å². The number of nitrogens with one attached hydrogen (secondary N) is 2. The van der Waals surface area contributed by atoms with Gasteiger partial charge < -0.3 is 19.8 Å². The van der Waals surface area contributed by atoms with E-state index in [1.165, 1.54) is 6.26 Å². The molecule has 0 unspecified atom stereocenters. The van der Waals surface area contributed by atoms with Crippen molar-refractivity contribution in [3.05, 3.63) is 35.1 Å². The summed E-state index contributed by atoms with van der Waals surface area (Å²) in [6.07, 6.45) is 1.55. The van der Waals surface area contributed by atoms with Crippen molar-refractivity contribution in [2.45, 2.75) is 40.2 Å². The fraction of sp³-hybridized carbons (Fsp3) is 0.421. The lowest BCUT2D eigenvalue weighted by atomic mass is 10.0. The van der Waals surface area contributed by atoms with Crippen LogP contribution in [-0.2, 0) is 25.5 Å². The number of hydrogen-bond donors (Lipinski definition) is 2. The van der Waals surface area contributed by atoms with E-state index in [0.29, 0.717) is 12.1 Å². The summed E-state index contributed by atoms with van der Waals surface area (Å²) in [5, 5.41) is 5.93. The Morgan fingerprint density at radius 1 is 1.23 bits per heavy atom. The van der Waals surface area contributed by atoms with E-state index in [0.717, 1.165) is 22.1 Å². The molecule has 0 radical (unpaired) electrons. The molecule has 0 saturated carbocycles. The number of benzene rings is 1. The van der Waals surface area contributed by atoms with Gasteiger partial charge in [-0.2, -0.15) is 0 Å². The maximum Gasteiger partial charge on any atom is 0.310 e. The molecule has 0 spiro atoms. The van der Waals surface area contributed by atoms with E-state index in [2.05, 4.69) is 10.6 Å². The summed E-state index contributed by atoms with van der Waals surface area (Å²) >= 11 is 0. The number of carbonyl (C=O) groups is 3. The minimum atomic E-state index is -0.690. The van der Waals surface area contributed by atoms with Gasteiger partial charge in [0.2, 0.25) is 5.91 Å². The monoisotopic (exact) mass is 360 g/mol. The van der Waals surface area contributed by atoms with Crippen molar-refractivity contribution in [1.82, 2.24) is 10.6 Å². The second kappa shape index (κ2) is 8.51. The maximum absolute atomic E-state index is 12.0. The summed E-state index contributed by atoms with van der Waals surface area (Å²) in [5.74, 6) is -1.35. The summed E-state index contributed by atoms with van der Waals surface area (Å²) in [4.78, 5) is 35.3. The van der Waals surface area contributed by atoms with Crippen LogP contribution >= 0.6 is 0 Å². The van der Waals surface area contributed by atoms with Gasteiger partial charge in [-0.25, -0.2) is 0 Å². The van der Waals surface area contributed by atoms with Crippen molar-refractivity contribution < 1.29 is 23.5 Å². The predicted molar refractivity (Wildman–Crippen MR) is 96.6 cm³/mol. The van der Waals surface area contributed by atoms with Crippen LogP contribution < -0.4 is 10.6 Å². The molecular weight excluding hydrogens is 336 g/mol. The molecule has 0 aliphatic carbocycles. The second-order valence-electron chi connectivity index (χ2n) is 6.17. The first-order valence-electron chi connectivity index (χ1n) is 8.52. The maximum atomic E-state index is 12.0. The number of aryl methyl sites for hydroxylation is 2. The molecule has 0 bridgehead atoms. The third-order valence-electron chi connectivity index (χ3n) is 4.16. The van der Waals surface area contributed by atoms with E-state index in [4.69, 9.17) is 9.15 Å². The number of fused-ring (bicyclic) bond motifs is 1. The standard InChI is InChI=1S/C19H24N2O5/c1-5-20-19(24)13(4)21-16(22)10-25-17(23)8-14-9-26-18-12(3)11(2)6-7-15(14)18/h6-7,9,13H,5,8,10H2,1-4H3,(H,20,24)(H,21,22)/t13-/m1/s1. The van der Waals surface area contributed by atoms with Crippen molar-refractivity contribution in [1.29, 1.82) is 0 Å². The van der Waals surface area contributed by atoms with E-state index < -0.39 is 24.5 Å². The molecule has 0 aliphatic heterocycles. The van der Waals surface area contributed by atoms with Gasteiger partial charge in [0.1, 0.15) is 11.6 Å². The molecule has 0 fully saturated rings.